The highest BCUT2D eigenvalue weighted by Gasteiger charge is 2.41. The largest absolute Gasteiger partial charge is 0.494 e. The van der Waals surface area contributed by atoms with Crippen LogP contribution in [0.3, 0.4) is 0 Å². The predicted molar refractivity (Wildman–Crippen MR) is 202 cm³/mol. The second kappa shape index (κ2) is 18.4. The van der Waals surface area contributed by atoms with E-state index < -0.39 is 18.1 Å². The van der Waals surface area contributed by atoms with Gasteiger partial charge in [0, 0.05) is 6.54 Å². The Morgan fingerprint density at radius 1 is 0.698 bits per heavy atom. The van der Waals surface area contributed by atoms with Crippen molar-refractivity contribution in [3.8, 4) is 34.5 Å². The van der Waals surface area contributed by atoms with Gasteiger partial charge in [-0.2, -0.15) is 0 Å². The van der Waals surface area contributed by atoms with Gasteiger partial charge in [-0.05, 0) is 117 Å². The molecule has 1 saturated heterocycles. The third-order valence-corrected chi connectivity index (χ3v) is 11.0. The molecule has 0 unspecified atom stereocenters. The molecule has 3 aromatic carbocycles. The summed E-state index contributed by atoms with van der Waals surface area (Å²) in [5.41, 5.74) is 2.71. The number of carbonyl (C=O) groups is 2. The van der Waals surface area contributed by atoms with Crippen LogP contribution >= 0.6 is 0 Å². The van der Waals surface area contributed by atoms with Crippen LogP contribution in [0.4, 0.5) is 0 Å². The molecule has 3 atom stereocenters. The van der Waals surface area contributed by atoms with Crippen molar-refractivity contribution in [1.29, 1.82) is 0 Å². The van der Waals surface area contributed by atoms with Crippen LogP contribution in [0.5, 0.6) is 34.5 Å². The summed E-state index contributed by atoms with van der Waals surface area (Å²) >= 11 is 0. The first-order valence-corrected chi connectivity index (χ1v) is 19.3. The predicted octanol–water partition coefficient (Wildman–Crippen LogP) is 8.23. The smallest absolute Gasteiger partial charge is 0.329 e. The molecular weight excluding hydrogens is 674 g/mol. The number of carbonyl (C=O) groups excluding carboxylic acids is 2. The standard InChI is InChI=1S/C43H55NO9/c1-47-36-21-19-29(25-37(36)48-2)18-20-35-31-15-12-16-33(26-31)51-23-10-11-24-52-39-28-32(27-38(49-3)41(39)50-4)40(30-13-6-5-7-14-30)42(45)44-22-9-8-17-34(44)43(46)53-35/h12,15-16,19,21,25-28,30,34-35,40H,5-11,13-14,17-18,20,22-24H2,1-4H3/t34-,35+,40-/m0/s1. The van der Waals surface area contributed by atoms with Crippen molar-refractivity contribution in [2.24, 2.45) is 5.92 Å². The third-order valence-electron chi connectivity index (χ3n) is 11.0. The number of fused-ring (bicyclic) bond motifs is 5. The maximum absolute atomic E-state index is 15.0. The number of hydrogen-bond acceptors (Lipinski definition) is 9. The summed E-state index contributed by atoms with van der Waals surface area (Å²) < 4.78 is 41.6. The monoisotopic (exact) mass is 729 g/mol. The molecule has 2 heterocycles. The first-order chi connectivity index (χ1) is 25.9. The average Bonchev–Trinajstić information content (AvgIpc) is 3.20. The molecule has 0 radical (unpaired) electrons. The minimum atomic E-state index is -0.691. The van der Waals surface area contributed by atoms with Crippen LogP contribution in [-0.4, -0.2) is 71.0 Å². The van der Waals surface area contributed by atoms with Gasteiger partial charge >= 0.3 is 5.97 Å². The molecular formula is C43H55NO9. The van der Waals surface area contributed by atoms with Gasteiger partial charge in [-0.3, -0.25) is 4.79 Å². The summed E-state index contributed by atoms with van der Waals surface area (Å²) in [6, 6.07) is 16.8. The Hall–Kier alpha value is -4.60. The summed E-state index contributed by atoms with van der Waals surface area (Å²) in [7, 11) is 6.44. The molecule has 286 valence electrons. The summed E-state index contributed by atoms with van der Waals surface area (Å²) in [4.78, 5) is 31.3. The van der Waals surface area contributed by atoms with E-state index in [0.29, 0.717) is 73.5 Å². The first-order valence-electron chi connectivity index (χ1n) is 19.3. The summed E-state index contributed by atoms with van der Waals surface area (Å²) in [6.07, 6.45) is 9.51. The number of nitrogens with zero attached hydrogens (tertiary/aromatic N) is 1. The van der Waals surface area contributed by atoms with Crippen LogP contribution in [0.25, 0.3) is 0 Å². The van der Waals surface area contributed by atoms with Gasteiger partial charge in [0.05, 0.1) is 47.6 Å². The van der Waals surface area contributed by atoms with Gasteiger partial charge in [0.2, 0.25) is 11.7 Å². The molecule has 1 aliphatic carbocycles. The molecule has 4 bridgehead atoms. The first kappa shape index (κ1) is 38.1. The lowest BCUT2D eigenvalue weighted by Gasteiger charge is -2.40. The van der Waals surface area contributed by atoms with Crippen molar-refractivity contribution in [3.63, 3.8) is 0 Å². The number of methoxy groups -OCH3 is 4. The van der Waals surface area contributed by atoms with Gasteiger partial charge < -0.3 is 38.1 Å². The van der Waals surface area contributed by atoms with E-state index in [1.807, 2.05) is 54.6 Å². The van der Waals surface area contributed by atoms with E-state index in [-0.39, 0.29) is 17.8 Å². The Kier molecular flexibility index (Phi) is 13.3. The van der Waals surface area contributed by atoms with E-state index in [1.165, 1.54) is 0 Å². The number of cyclic esters (lactones) is 1. The maximum Gasteiger partial charge on any atom is 0.329 e. The highest BCUT2D eigenvalue weighted by atomic mass is 16.5. The molecule has 3 aliphatic rings. The fourth-order valence-corrected chi connectivity index (χ4v) is 8.17. The minimum Gasteiger partial charge on any atom is -0.494 e. The summed E-state index contributed by atoms with van der Waals surface area (Å²) in [5.74, 6) is 2.84. The minimum absolute atomic E-state index is 0.0353. The number of ether oxygens (including phenoxy) is 7. The average molecular weight is 730 g/mol. The van der Waals surface area contributed by atoms with Crippen LogP contribution in [0.15, 0.2) is 54.6 Å². The van der Waals surface area contributed by atoms with Crippen LogP contribution in [0, 0.1) is 5.92 Å². The molecule has 0 aromatic heterocycles. The fraction of sp³-hybridized carbons (Fsp3) is 0.535. The lowest BCUT2D eigenvalue weighted by molar-refractivity contribution is -0.163. The number of rotatable bonds is 8. The molecule has 6 rings (SSSR count). The number of aryl methyl sites for hydroxylation is 1. The Labute approximate surface area is 314 Å². The van der Waals surface area contributed by atoms with Gasteiger partial charge in [-0.25, -0.2) is 4.79 Å². The molecule has 0 N–H and O–H groups in total. The Balaban J connectivity index is 1.36. The molecule has 10 nitrogen and oxygen atoms in total. The Morgan fingerprint density at radius 3 is 2.21 bits per heavy atom. The van der Waals surface area contributed by atoms with Crippen LogP contribution < -0.4 is 28.4 Å². The van der Waals surface area contributed by atoms with Crippen molar-refractivity contribution in [2.45, 2.75) is 95.1 Å². The molecule has 2 aliphatic heterocycles. The zero-order valence-corrected chi connectivity index (χ0v) is 31.7. The van der Waals surface area contributed by atoms with Crippen molar-refractivity contribution in [1.82, 2.24) is 4.90 Å². The number of esters is 1. The molecule has 2 fully saturated rings. The van der Waals surface area contributed by atoms with Crippen LogP contribution in [-0.2, 0) is 20.7 Å². The topological polar surface area (TPSA) is 102 Å². The van der Waals surface area contributed by atoms with Gasteiger partial charge in [0.1, 0.15) is 17.9 Å². The molecule has 0 spiro atoms. The van der Waals surface area contributed by atoms with Crippen molar-refractivity contribution in [3.05, 3.63) is 71.3 Å². The lowest BCUT2D eigenvalue weighted by atomic mass is 9.75. The second-order valence-electron chi connectivity index (χ2n) is 14.3. The van der Waals surface area contributed by atoms with Gasteiger partial charge in [0.25, 0.3) is 0 Å². The SMILES string of the molecule is COc1ccc(CC[C@H]2OC(=O)[C@@H]3CCCCN3C(=O)[C@@H](C3CCCCC3)c3cc(OC)c(OC)c(c3)OCCCCOc3cccc2c3)cc1OC. The molecule has 53 heavy (non-hydrogen) atoms. The molecule has 3 aromatic rings. The lowest BCUT2D eigenvalue weighted by Crippen LogP contribution is -2.51. The Bertz CT molecular complexity index is 1690. The van der Waals surface area contributed by atoms with Crippen molar-refractivity contribution >= 4 is 11.9 Å². The molecule has 10 heteroatoms. The van der Waals surface area contributed by atoms with Crippen molar-refractivity contribution in [2.75, 3.05) is 48.2 Å². The second-order valence-corrected chi connectivity index (χ2v) is 14.3. The van der Waals surface area contributed by atoms with E-state index in [2.05, 4.69) is 0 Å². The summed E-state index contributed by atoms with van der Waals surface area (Å²) in [6.45, 7) is 1.44. The van der Waals surface area contributed by atoms with Gasteiger partial charge in [-0.15, -0.1) is 0 Å². The normalized spacial score (nSPS) is 21.7. The quantitative estimate of drug-likeness (QED) is 0.212. The molecule has 1 amide bonds. The maximum atomic E-state index is 15.0. The van der Waals surface area contributed by atoms with Crippen molar-refractivity contribution < 1.29 is 42.7 Å². The van der Waals surface area contributed by atoms with Gasteiger partial charge in [-0.1, -0.05) is 37.5 Å². The van der Waals surface area contributed by atoms with E-state index in [0.717, 1.165) is 74.5 Å². The van der Waals surface area contributed by atoms with Gasteiger partial charge in [0.15, 0.2) is 23.0 Å². The zero-order valence-electron chi connectivity index (χ0n) is 31.7. The Morgan fingerprint density at radius 2 is 1.45 bits per heavy atom. The number of hydrogen-bond donors (Lipinski definition) is 0. The van der Waals surface area contributed by atoms with E-state index >= 15 is 4.79 Å². The number of piperidine rings is 1. The van der Waals surface area contributed by atoms with E-state index in [1.54, 1.807) is 33.3 Å². The van der Waals surface area contributed by atoms with Crippen LogP contribution in [0.1, 0.15) is 99.3 Å². The van der Waals surface area contributed by atoms with E-state index in [9.17, 15) is 4.79 Å². The molecule has 1 saturated carbocycles. The summed E-state index contributed by atoms with van der Waals surface area (Å²) in [5, 5.41) is 0. The highest BCUT2D eigenvalue weighted by Crippen LogP contribution is 2.45. The number of benzene rings is 3. The zero-order chi connectivity index (χ0) is 37.2. The highest BCUT2D eigenvalue weighted by molar-refractivity contribution is 5.89. The van der Waals surface area contributed by atoms with Crippen LogP contribution in [0.2, 0.25) is 0 Å². The van der Waals surface area contributed by atoms with E-state index in [4.69, 9.17) is 33.2 Å². The number of amides is 1. The fourth-order valence-electron chi connectivity index (χ4n) is 8.17. The third kappa shape index (κ3) is 9.14.